The lowest BCUT2D eigenvalue weighted by molar-refractivity contribution is -0.136. The number of fused-ring (bicyclic) bond motifs is 2. The molecule has 1 atom stereocenters. The van der Waals surface area contributed by atoms with E-state index in [0.717, 1.165) is 102 Å². The molecule has 0 radical (unpaired) electrons. The first-order valence-electron chi connectivity index (χ1n) is 21.1. The van der Waals surface area contributed by atoms with Gasteiger partial charge in [0.2, 0.25) is 11.8 Å². The molecule has 9 rings (SSSR count). The molecular formula is C46H54N8O7. The van der Waals surface area contributed by atoms with Gasteiger partial charge in [0.15, 0.2) is 0 Å². The Hall–Kier alpha value is -5.80. The summed E-state index contributed by atoms with van der Waals surface area (Å²) >= 11 is 0. The minimum Gasteiger partial charge on any atom is -0.496 e. The Balaban J connectivity index is 0.820. The molecule has 0 saturated carbocycles. The summed E-state index contributed by atoms with van der Waals surface area (Å²) < 4.78 is 13.6. The number of nitrogens with zero attached hydrogens (tertiary/aromatic N) is 7. The number of imide groups is 2. The number of carbonyl (C=O) groups excluding carboxylic acids is 4. The van der Waals surface area contributed by atoms with Gasteiger partial charge in [0.25, 0.3) is 17.4 Å². The van der Waals surface area contributed by atoms with Crippen LogP contribution in [0.4, 0.5) is 11.5 Å². The van der Waals surface area contributed by atoms with E-state index in [9.17, 15) is 24.0 Å². The molecule has 4 saturated heterocycles. The number of aromatic nitrogens is 2. The van der Waals surface area contributed by atoms with Crippen LogP contribution in [-0.2, 0) is 23.2 Å². The third-order valence-electron chi connectivity index (χ3n) is 14.2. The molecule has 15 nitrogen and oxygen atoms in total. The Bertz CT molecular complexity index is 2520. The average molecular weight is 831 g/mol. The summed E-state index contributed by atoms with van der Waals surface area (Å²) in [7, 11) is 9.00. The van der Waals surface area contributed by atoms with Crippen molar-refractivity contribution in [3.8, 4) is 22.6 Å². The summed E-state index contributed by atoms with van der Waals surface area (Å²) in [6.45, 7) is 11.2. The van der Waals surface area contributed by atoms with Crippen LogP contribution in [0.1, 0.15) is 65.8 Å². The summed E-state index contributed by atoms with van der Waals surface area (Å²) in [4.78, 5) is 78.7. The third-order valence-corrected chi connectivity index (χ3v) is 14.2. The molecule has 4 aromatic rings. The van der Waals surface area contributed by atoms with Crippen LogP contribution in [-0.4, -0.2) is 127 Å². The normalized spacial score (nSPS) is 20.8. The predicted octanol–water partition coefficient (Wildman–Crippen LogP) is 3.90. The van der Waals surface area contributed by atoms with Crippen molar-refractivity contribution in [2.24, 2.45) is 18.4 Å². The number of anilines is 2. The second kappa shape index (κ2) is 15.0. The van der Waals surface area contributed by atoms with E-state index >= 15 is 0 Å². The molecule has 0 bridgehead atoms. The summed E-state index contributed by atoms with van der Waals surface area (Å²) in [5.74, 6) is 0.800. The molecule has 7 heterocycles. The summed E-state index contributed by atoms with van der Waals surface area (Å²) in [6, 6.07) is 10.5. The highest BCUT2D eigenvalue weighted by atomic mass is 16.5. The number of rotatable bonds is 10. The molecular weight excluding hydrogens is 777 g/mol. The number of amides is 4. The second-order valence-electron chi connectivity index (χ2n) is 18.4. The van der Waals surface area contributed by atoms with Gasteiger partial charge >= 0.3 is 0 Å². The van der Waals surface area contributed by atoms with Gasteiger partial charge in [0.1, 0.15) is 23.4 Å². The van der Waals surface area contributed by atoms with Crippen molar-refractivity contribution in [3.63, 3.8) is 0 Å². The minimum absolute atomic E-state index is 0.0193. The summed E-state index contributed by atoms with van der Waals surface area (Å²) in [5, 5.41) is 3.63. The zero-order valence-electron chi connectivity index (χ0n) is 36.0. The Morgan fingerprint density at radius 2 is 1.56 bits per heavy atom. The van der Waals surface area contributed by atoms with Gasteiger partial charge in [-0.15, -0.1) is 0 Å². The summed E-state index contributed by atoms with van der Waals surface area (Å²) in [6.07, 6.45) is 5.93. The van der Waals surface area contributed by atoms with E-state index in [2.05, 4.69) is 38.8 Å². The predicted molar refractivity (Wildman–Crippen MR) is 231 cm³/mol. The molecule has 1 spiro atoms. The van der Waals surface area contributed by atoms with Crippen LogP contribution >= 0.6 is 0 Å². The molecule has 4 fully saturated rings. The lowest BCUT2D eigenvalue weighted by Crippen LogP contribution is -2.66. The topological polar surface area (TPSA) is 150 Å². The van der Waals surface area contributed by atoms with Crippen LogP contribution in [0.25, 0.3) is 21.9 Å². The zero-order valence-corrected chi connectivity index (χ0v) is 36.0. The quantitative estimate of drug-likeness (QED) is 0.231. The molecule has 61 heavy (non-hydrogen) atoms. The smallest absolute Gasteiger partial charge is 0.262 e. The molecule has 5 aliphatic heterocycles. The fraction of sp³-hybridized carbons (Fsp3) is 0.478. The van der Waals surface area contributed by atoms with E-state index in [-0.39, 0.29) is 35.3 Å². The van der Waals surface area contributed by atoms with Gasteiger partial charge < -0.3 is 23.8 Å². The van der Waals surface area contributed by atoms with E-state index < -0.39 is 23.8 Å². The lowest BCUT2D eigenvalue weighted by Gasteiger charge is -2.59. The van der Waals surface area contributed by atoms with Crippen LogP contribution in [0, 0.1) is 11.3 Å². The number of carbonyl (C=O) groups is 4. The van der Waals surface area contributed by atoms with E-state index in [1.54, 1.807) is 44.2 Å². The van der Waals surface area contributed by atoms with Crippen molar-refractivity contribution in [2.75, 3.05) is 77.4 Å². The molecule has 15 heteroatoms. The standard InChI is InChI=1S/C46H54N8O7/c1-45(2,53-14-12-46(13-15-53)25-52(26-46)29-8-9-30-32(18-29)44(59)54(43(30)58)36-10-11-40(55)48-41(36)56)28-21-51(22-28)24-35-37(60-6)16-27(17-38(35)61-7)34-23-50(5)42(57)33-20-47-39(49(3)4)19-31(33)34/h8-9,16-20,23,28,36H,10-15,21-22,24-26H2,1-7H3,(H,48,55,56). The molecule has 1 N–H and O–H groups in total. The average Bonchev–Trinajstić information content (AvgIpc) is 3.46. The molecule has 4 amide bonds. The number of nitrogens with one attached hydrogen (secondary N) is 1. The highest BCUT2D eigenvalue weighted by Gasteiger charge is 2.50. The van der Waals surface area contributed by atoms with Crippen LogP contribution in [0.2, 0.25) is 0 Å². The molecule has 320 valence electrons. The maximum Gasteiger partial charge on any atom is 0.262 e. The highest BCUT2D eigenvalue weighted by molar-refractivity contribution is 6.23. The second-order valence-corrected chi connectivity index (χ2v) is 18.4. The Labute approximate surface area is 355 Å². The number of ether oxygens (including phenoxy) is 2. The number of piperidine rings is 2. The molecule has 1 unspecified atom stereocenters. The Morgan fingerprint density at radius 3 is 2.20 bits per heavy atom. The van der Waals surface area contributed by atoms with Gasteiger partial charge in [-0.2, -0.15) is 0 Å². The fourth-order valence-corrected chi connectivity index (χ4v) is 10.2. The number of benzene rings is 2. The van der Waals surface area contributed by atoms with Crippen LogP contribution in [0.3, 0.4) is 0 Å². The Morgan fingerprint density at radius 1 is 0.885 bits per heavy atom. The molecule has 2 aromatic heterocycles. The Kier molecular flexibility index (Phi) is 9.97. The van der Waals surface area contributed by atoms with Crippen LogP contribution < -0.4 is 30.1 Å². The fourth-order valence-electron chi connectivity index (χ4n) is 10.2. The van der Waals surface area contributed by atoms with Crippen LogP contribution in [0.5, 0.6) is 11.5 Å². The number of hydrogen-bond acceptors (Lipinski definition) is 12. The third kappa shape index (κ3) is 6.82. The zero-order chi connectivity index (χ0) is 43.1. The first-order valence-corrected chi connectivity index (χ1v) is 21.1. The first-order chi connectivity index (χ1) is 29.1. The van der Waals surface area contributed by atoms with Gasteiger partial charge in [-0.05, 0) is 88.2 Å². The molecule has 2 aromatic carbocycles. The maximum atomic E-state index is 13.4. The number of likely N-dealkylation sites (tertiary alicyclic amines) is 2. The lowest BCUT2D eigenvalue weighted by atomic mass is 9.70. The molecule has 0 aliphatic carbocycles. The van der Waals surface area contributed by atoms with E-state index in [1.807, 2.05) is 49.5 Å². The SMILES string of the molecule is COc1cc(-c2cn(C)c(=O)c3cnc(N(C)C)cc23)cc(OC)c1CN1CC(C(C)(C)N2CCC3(CC2)CN(c2ccc4c(c2)C(=O)N(C2CCC(=O)NC2=O)C4=O)C3)C1. The largest absolute Gasteiger partial charge is 0.496 e. The van der Waals surface area contributed by atoms with E-state index in [4.69, 9.17) is 9.47 Å². The van der Waals surface area contributed by atoms with Crippen molar-refractivity contribution in [3.05, 3.63) is 75.8 Å². The van der Waals surface area contributed by atoms with Gasteiger partial charge in [-0.25, -0.2) is 4.98 Å². The first kappa shape index (κ1) is 40.6. The summed E-state index contributed by atoms with van der Waals surface area (Å²) in [5.41, 5.74) is 4.45. The van der Waals surface area contributed by atoms with E-state index in [0.29, 0.717) is 29.0 Å². The van der Waals surface area contributed by atoms with E-state index in [1.165, 1.54) is 0 Å². The number of pyridine rings is 2. The molecule has 5 aliphatic rings. The van der Waals surface area contributed by atoms with Gasteiger partial charge in [0.05, 0.1) is 36.3 Å². The monoisotopic (exact) mass is 830 g/mol. The van der Waals surface area contributed by atoms with Crippen LogP contribution in [0.15, 0.2) is 53.6 Å². The van der Waals surface area contributed by atoms with Crippen molar-refractivity contribution < 1.29 is 28.7 Å². The van der Waals surface area contributed by atoms with Crippen molar-refractivity contribution in [2.45, 2.75) is 57.7 Å². The van der Waals surface area contributed by atoms with Crippen molar-refractivity contribution in [1.82, 2.24) is 29.6 Å². The number of methoxy groups -OCH3 is 2. The minimum atomic E-state index is -0.971. The van der Waals surface area contributed by atoms with Gasteiger partial charge in [-0.3, -0.25) is 44.0 Å². The number of hydrogen-bond donors (Lipinski definition) is 1. The highest BCUT2D eigenvalue weighted by Crippen LogP contribution is 2.47. The van der Waals surface area contributed by atoms with Gasteiger partial charge in [0, 0.05) is 106 Å². The van der Waals surface area contributed by atoms with Gasteiger partial charge in [-0.1, -0.05) is 0 Å². The number of aryl methyl sites for hydroxylation is 1. The van der Waals surface area contributed by atoms with Crippen molar-refractivity contribution >= 4 is 45.9 Å². The maximum absolute atomic E-state index is 13.4. The van der Waals surface area contributed by atoms with Crippen molar-refractivity contribution in [1.29, 1.82) is 0 Å².